The quantitative estimate of drug-likeness (QED) is 0.443. The Balaban J connectivity index is 0.000000640. The van der Waals surface area contributed by atoms with Gasteiger partial charge in [0.1, 0.15) is 16.8 Å². The van der Waals surface area contributed by atoms with Gasteiger partial charge in [-0.05, 0) is 19.3 Å². The van der Waals surface area contributed by atoms with Crippen LogP contribution in [0.2, 0.25) is 0 Å². The summed E-state index contributed by atoms with van der Waals surface area (Å²) in [6, 6.07) is 0. The van der Waals surface area contributed by atoms with E-state index in [0.29, 0.717) is 0 Å². The van der Waals surface area contributed by atoms with Crippen molar-refractivity contribution in [2.75, 3.05) is 6.61 Å². The topological polar surface area (TPSA) is 18.5 Å². The maximum Gasteiger partial charge on any atom is 0.187 e. The van der Waals surface area contributed by atoms with E-state index in [0.717, 1.165) is 23.5 Å². The number of hydrogen-bond acceptors (Lipinski definition) is 2. The Hall–Kier alpha value is 0.669. The monoisotopic (exact) mass is 162 g/mol. The van der Waals surface area contributed by atoms with Crippen molar-refractivity contribution in [1.82, 2.24) is 0 Å². The standard InChI is InChI=1S/C5H12O2Si.Al.3H/c8-7-5-3-1-2-4-6-5;;;;/h5H,1-4H2,8H3;;;;. The molecule has 1 heterocycles. The molecule has 0 bridgehead atoms. The molecule has 0 aliphatic carbocycles. The van der Waals surface area contributed by atoms with Gasteiger partial charge >= 0.3 is 0 Å². The van der Waals surface area contributed by atoms with Crippen LogP contribution in [0.15, 0.2) is 0 Å². The molecule has 1 unspecified atom stereocenters. The minimum atomic E-state index is 0. The molecule has 2 nitrogen and oxygen atoms in total. The zero-order chi connectivity index (χ0) is 5.82. The summed E-state index contributed by atoms with van der Waals surface area (Å²) in [6.07, 6.45) is 3.73. The predicted molar refractivity (Wildman–Crippen MR) is 44.6 cm³/mol. The second-order valence-electron chi connectivity index (χ2n) is 2.03. The van der Waals surface area contributed by atoms with E-state index in [4.69, 9.17) is 9.16 Å². The van der Waals surface area contributed by atoms with Gasteiger partial charge in [-0.1, -0.05) is 0 Å². The Morgan fingerprint density at radius 2 is 2.22 bits per heavy atom. The summed E-state index contributed by atoms with van der Waals surface area (Å²) in [4.78, 5) is 0. The third-order valence-corrected chi connectivity index (χ3v) is 1.93. The highest BCUT2D eigenvalue weighted by Gasteiger charge is 2.10. The molecule has 0 spiro atoms. The van der Waals surface area contributed by atoms with E-state index in [1.54, 1.807) is 0 Å². The van der Waals surface area contributed by atoms with E-state index in [1.807, 2.05) is 0 Å². The van der Waals surface area contributed by atoms with Crippen LogP contribution in [0.1, 0.15) is 19.3 Å². The Morgan fingerprint density at radius 3 is 2.56 bits per heavy atom. The molecule has 0 aromatic heterocycles. The SMILES string of the molecule is [AlH3].[SiH3]OC1CCCCO1. The molecule has 0 radical (unpaired) electrons. The van der Waals surface area contributed by atoms with Crippen molar-refractivity contribution in [3.8, 4) is 0 Å². The van der Waals surface area contributed by atoms with Gasteiger partial charge in [0, 0.05) is 6.61 Å². The lowest BCUT2D eigenvalue weighted by atomic mass is 10.2. The van der Waals surface area contributed by atoms with Gasteiger partial charge in [0.05, 0.1) is 0 Å². The largest absolute Gasteiger partial charge is 0.404 e. The Kier molecular flexibility index (Phi) is 5.86. The third kappa shape index (κ3) is 3.39. The van der Waals surface area contributed by atoms with Crippen molar-refractivity contribution in [2.24, 2.45) is 0 Å². The molecule has 0 N–H and O–H groups in total. The van der Waals surface area contributed by atoms with E-state index in [1.165, 1.54) is 12.8 Å². The summed E-state index contributed by atoms with van der Waals surface area (Å²) < 4.78 is 10.3. The van der Waals surface area contributed by atoms with Gasteiger partial charge < -0.3 is 9.16 Å². The van der Waals surface area contributed by atoms with E-state index in [9.17, 15) is 0 Å². The first-order valence-electron chi connectivity index (χ1n) is 3.08. The van der Waals surface area contributed by atoms with Gasteiger partial charge in [-0.3, -0.25) is 0 Å². The highest BCUT2D eigenvalue weighted by Crippen LogP contribution is 2.11. The molecule has 1 saturated heterocycles. The Labute approximate surface area is 69.6 Å². The molecule has 1 atom stereocenters. The van der Waals surface area contributed by atoms with Crippen LogP contribution >= 0.6 is 0 Å². The Morgan fingerprint density at radius 1 is 1.44 bits per heavy atom. The molecule has 0 aromatic carbocycles. The van der Waals surface area contributed by atoms with E-state index in [2.05, 4.69) is 0 Å². The van der Waals surface area contributed by atoms with Crippen molar-refractivity contribution in [2.45, 2.75) is 25.6 Å². The minimum Gasteiger partial charge on any atom is -0.404 e. The smallest absolute Gasteiger partial charge is 0.187 e. The normalized spacial score (nSPS) is 27.3. The minimum absolute atomic E-state index is 0. The van der Waals surface area contributed by atoms with Crippen molar-refractivity contribution < 1.29 is 9.16 Å². The number of hydrogen-bond donors (Lipinski definition) is 0. The molecule has 9 heavy (non-hydrogen) atoms. The predicted octanol–water partition coefficient (Wildman–Crippen LogP) is -1.37. The average Bonchev–Trinajstić information content (AvgIpc) is 1.90. The van der Waals surface area contributed by atoms with Gasteiger partial charge in [-0.2, -0.15) is 0 Å². The highest BCUT2D eigenvalue weighted by molar-refractivity contribution is 5.98. The molecule has 54 valence electrons. The van der Waals surface area contributed by atoms with E-state index >= 15 is 0 Å². The fourth-order valence-corrected chi connectivity index (χ4v) is 1.27. The summed E-state index contributed by atoms with van der Waals surface area (Å²) in [5.74, 6) is 0. The van der Waals surface area contributed by atoms with Crippen molar-refractivity contribution in [3.63, 3.8) is 0 Å². The molecule has 0 aromatic rings. The highest BCUT2D eigenvalue weighted by atomic mass is 28.2. The van der Waals surface area contributed by atoms with Crippen LogP contribution in [-0.2, 0) is 9.16 Å². The Bertz CT molecular complexity index is 66.0. The second kappa shape index (κ2) is 5.45. The molecule has 0 amide bonds. The maximum absolute atomic E-state index is 5.24. The zero-order valence-electron chi connectivity index (χ0n) is 5.22. The fourth-order valence-electron chi connectivity index (χ4n) is 0.897. The van der Waals surface area contributed by atoms with Crippen molar-refractivity contribution in [1.29, 1.82) is 0 Å². The van der Waals surface area contributed by atoms with Crippen molar-refractivity contribution >= 4 is 27.8 Å². The first-order chi connectivity index (χ1) is 3.93. The van der Waals surface area contributed by atoms with Crippen molar-refractivity contribution in [3.05, 3.63) is 0 Å². The lowest BCUT2D eigenvalue weighted by Crippen LogP contribution is -2.20. The fraction of sp³-hybridized carbons (Fsp3) is 1.00. The van der Waals surface area contributed by atoms with E-state index < -0.39 is 0 Å². The molecule has 1 rings (SSSR count). The van der Waals surface area contributed by atoms with Crippen LogP contribution < -0.4 is 0 Å². The lowest BCUT2D eigenvalue weighted by molar-refractivity contribution is -0.102. The average molecular weight is 162 g/mol. The molecule has 1 aliphatic heterocycles. The summed E-state index contributed by atoms with van der Waals surface area (Å²) in [6.45, 7) is 0.896. The van der Waals surface area contributed by atoms with Gasteiger partial charge in [0.25, 0.3) is 0 Å². The van der Waals surface area contributed by atoms with Crippen LogP contribution in [0.3, 0.4) is 0 Å². The molecular formula is C5H15AlO2Si. The van der Waals surface area contributed by atoms with Gasteiger partial charge in [0.15, 0.2) is 17.4 Å². The lowest BCUT2D eigenvalue weighted by Gasteiger charge is -2.20. The molecule has 0 saturated carbocycles. The first kappa shape index (κ1) is 9.67. The van der Waals surface area contributed by atoms with Crippen LogP contribution in [0.4, 0.5) is 0 Å². The summed E-state index contributed by atoms with van der Waals surface area (Å²) in [7, 11) is 0.805. The van der Waals surface area contributed by atoms with Gasteiger partial charge in [-0.15, -0.1) is 0 Å². The van der Waals surface area contributed by atoms with Gasteiger partial charge in [-0.25, -0.2) is 0 Å². The third-order valence-electron chi connectivity index (χ3n) is 1.40. The molecule has 1 fully saturated rings. The molecule has 1 aliphatic rings. The molecule has 4 heteroatoms. The van der Waals surface area contributed by atoms with Crippen LogP contribution in [0, 0.1) is 0 Å². The second-order valence-corrected chi connectivity index (χ2v) is 2.50. The van der Waals surface area contributed by atoms with Gasteiger partial charge in [0.2, 0.25) is 0 Å². The molecular weight excluding hydrogens is 147 g/mol. The first-order valence-corrected chi connectivity index (χ1v) is 3.89. The van der Waals surface area contributed by atoms with E-state index in [-0.39, 0.29) is 23.7 Å². The number of ether oxygens (including phenoxy) is 1. The maximum atomic E-state index is 5.24. The van der Waals surface area contributed by atoms with Crippen LogP contribution in [-0.4, -0.2) is 40.7 Å². The zero-order valence-corrected chi connectivity index (χ0v) is 7.22. The summed E-state index contributed by atoms with van der Waals surface area (Å²) in [5, 5.41) is 0. The summed E-state index contributed by atoms with van der Waals surface area (Å²) >= 11 is 0. The van der Waals surface area contributed by atoms with Crippen LogP contribution in [0.25, 0.3) is 0 Å². The number of rotatable bonds is 1. The van der Waals surface area contributed by atoms with Crippen LogP contribution in [0.5, 0.6) is 0 Å². The summed E-state index contributed by atoms with van der Waals surface area (Å²) in [5.41, 5.74) is 0.